The molecule has 0 unspecified atom stereocenters. The molecule has 0 saturated heterocycles. The minimum atomic E-state index is -3.71. The quantitative estimate of drug-likeness (QED) is 0.741. The highest BCUT2D eigenvalue weighted by atomic mass is 32.2. The average molecular weight is 283 g/mol. The number of carbonyl (C=O) groups is 1. The van der Waals surface area contributed by atoms with Crippen molar-refractivity contribution in [1.82, 2.24) is 0 Å². The number of amides is 1. The Bertz CT molecular complexity index is 571. The number of benzene rings is 1. The van der Waals surface area contributed by atoms with Crippen LogP contribution in [0.1, 0.15) is 19.3 Å². The summed E-state index contributed by atoms with van der Waals surface area (Å²) in [7, 11) is -3.71. The Balaban J connectivity index is 2.10. The van der Waals surface area contributed by atoms with E-state index in [4.69, 9.17) is 10.9 Å². The van der Waals surface area contributed by atoms with Crippen LogP contribution in [-0.2, 0) is 14.8 Å². The van der Waals surface area contributed by atoms with E-state index in [1.165, 1.54) is 24.3 Å². The summed E-state index contributed by atoms with van der Waals surface area (Å²) < 4.78 is 22.2. The van der Waals surface area contributed by atoms with Gasteiger partial charge in [-0.25, -0.2) is 13.6 Å². The number of primary sulfonamides is 1. The van der Waals surface area contributed by atoms with Crippen LogP contribution in [0.25, 0.3) is 0 Å². The van der Waals surface area contributed by atoms with Crippen molar-refractivity contribution in [2.24, 2.45) is 16.3 Å². The minimum Gasteiger partial charge on any atom is -0.329 e. The van der Waals surface area contributed by atoms with Crippen LogP contribution in [-0.4, -0.2) is 20.9 Å². The number of hydrogen-bond donors (Lipinski definition) is 3. The molecule has 0 heterocycles. The van der Waals surface area contributed by atoms with Gasteiger partial charge in [-0.1, -0.05) is 6.42 Å². The van der Waals surface area contributed by atoms with E-state index in [1.54, 1.807) is 0 Å². The highest BCUT2D eigenvalue weighted by molar-refractivity contribution is 7.89. The van der Waals surface area contributed by atoms with Gasteiger partial charge in [-0.3, -0.25) is 4.79 Å². The summed E-state index contributed by atoms with van der Waals surface area (Å²) >= 11 is 0. The maximum Gasteiger partial charge on any atom is 0.238 e. The smallest absolute Gasteiger partial charge is 0.238 e. The first kappa shape index (κ1) is 14.0. The van der Waals surface area contributed by atoms with Crippen LogP contribution in [0.15, 0.2) is 29.2 Å². The van der Waals surface area contributed by atoms with Gasteiger partial charge in [0.25, 0.3) is 0 Å². The van der Waals surface area contributed by atoms with E-state index in [1.807, 2.05) is 0 Å². The van der Waals surface area contributed by atoms with Crippen molar-refractivity contribution in [2.45, 2.75) is 24.2 Å². The molecule has 5 N–H and O–H groups in total. The van der Waals surface area contributed by atoms with Gasteiger partial charge in [-0.05, 0) is 37.1 Å². The first-order valence-corrected chi connectivity index (χ1v) is 7.56. The van der Waals surface area contributed by atoms with Gasteiger partial charge >= 0.3 is 0 Å². The monoisotopic (exact) mass is 283 g/mol. The summed E-state index contributed by atoms with van der Waals surface area (Å²) in [6.07, 6.45) is 2.60. The third kappa shape index (κ3) is 2.78. The fourth-order valence-corrected chi connectivity index (χ4v) is 2.63. The van der Waals surface area contributed by atoms with E-state index in [2.05, 4.69) is 5.32 Å². The Hall–Kier alpha value is -1.44. The number of hydrogen-bond acceptors (Lipinski definition) is 4. The topological polar surface area (TPSA) is 115 Å². The molecule has 1 saturated carbocycles. The van der Waals surface area contributed by atoms with E-state index in [0.717, 1.165) is 19.3 Å². The van der Waals surface area contributed by atoms with Crippen molar-refractivity contribution in [1.29, 1.82) is 0 Å². The first-order chi connectivity index (χ1) is 8.87. The lowest BCUT2D eigenvalue weighted by Crippen LogP contribution is -2.47. The predicted molar refractivity (Wildman–Crippen MR) is 71.8 cm³/mol. The lowest BCUT2D eigenvalue weighted by molar-refractivity contribution is -0.129. The molecule has 104 valence electrons. The van der Waals surface area contributed by atoms with Crippen molar-refractivity contribution >= 4 is 21.6 Å². The molecule has 0 atom stereocenters. The van der Waals surface area contributed by atoms with Crippen LogP contribution >= 0.6 is 0 Å². The van der Waals surface area contributed by atoms with Crippen LogP contribution in [0.3, 0.4) is 0 Å². The average Bonchev–Trinajstić information content (AvgIpc) is 2.27. The van der Waals surface area contributed by atoms with Crippen molar-refractivity contribution in [2.75, 3.05) is 11.9 Å². The van der Waals surface area contributed by atoms with Gasteiger partial charge < -0.3 is 11.1 Å². The van der Waals surface area contributed by atoms with Crippen LogP contribution in [0.5, 0.6) is 0 Å². The zero-order valence-electron chi connectivity index (χ0n) is 10.4. The van der Waals surface area contributed by atoms with Gasteiger partial charge in [0.2, 0.25) is 15.9 Å². The normalized spacial score (nSPS) is 17.6. The Morgan fingerprint density at radius 2 is 1.84 bits per heavy atom. The Kier molecular flexibility index (Phi) is 3.62. The van der Waals surface area contributed by atoms with Gasteiger partial charge in [0, 0.05) is 12.2 Å². The molecule has 0 aromatic heterocycles. The predicted octanol–water partition coefficient (Wildman–Crippen LogP) is 0.401. The van der Waals surface area contributed by atoms with E-state index in [0.29, 0.717) is 12.2 Å². The van der Waals surface area contributed by atoms with E-state index >= 15 is 0 Å². The molecule has 6 nitrogen and oxygen atoms in total. The second-order valence-corrected chi connectivity index (χ2v) is 6.42. The Morgan fingerprint density at radius 3 is 2.21 bits per heavy atom. The first-order valence-electron chi connectivity index (χ1n) is 6.02. The number of sulfonamides is 1. The minimum absolute atomic E-state index is 0.0164. The third-order valence-electron chi connectivity index (χ3n) is 3.62. The van der Waals surface area contributed by atoms with Gasteiger partial charge in [0.15, 0.2) is 0 Å². The molecule has 1 aromatic carbocycles. The van der Waals surface area contributed by atoms with Crippen molar-refractivity contribution in [3.63, 3.8) is 0 Å². The maximum absolute atomic E-state index is 12.1. The number of nitrogens with one attached hydrogen (secondary N) is 1. The van der Waals surface area contributed by atoms with Gasteiger partial charge in [-0.2, -0.15) is 0 Å². The largest absolute Gasteiger partial charge is 0.329 e. The van der Waals surface area contributed by atoms with Crippen molar-refractivity contribution < 1.29 is 13.2 Å². The molecule has 1 amide bonds. The molecule has 0 bridgehead atoms. The summed E-state index contributed by atoms with van der Waals surface area (Å²) in [6, 6.07) is 5.75. The Morgan fingerprint density at radius 1 is 1.26 bits per heavy atom. The summed E-state index contributed by atoms with van der Waals surface area (Å²) in [6.45, 7) is 0.327. The molecule has 2 rings (SSSR count). The fraction of sp³-hybridized carbons (Fsp3) is 0.417. The molecule has 19 heavy (non-hydrogen) atoms. The lowest BCUT2D eigenvalue weighted by Gasteiger charge is -2.39. The SMILES string of the molecule is NCC1(C(=O)Nc2ccc(S(N)(=O)=O)cc2)CCC1. The van der Waals surface area contributed by atoms with Crippen LogP contribution in [0, 0.1) is 5.41 Å². The molecule has 1 aliphatic rings. The molecular weight excluding hydrogens is 266 g/mol. The molecule has 0 radical (unpaired) electrons. The van der Waals surface area contributed by atoms with Crippen LogP contribution < -0.4 is 16.2 Å². The third-order valence-corrected chi connectivity index (χ3v) is 4.55. The second-order valence-electron chi connectivity index (χ2n) is 4.86. The molecule has 0 spiro atoms. The van der Waals surface area contributed by atoms with Crippen LogP contribution in [0.2, 0.25) is 0 Å². The highest BCUT2D eigenvalue weighted by Crippen LogP contribution is 2.40. The zero-order valence-corrected chi connectivity index (χ0v) is 11.2. The van der Waals surface area contributed by atoms with Crippen molar-refractivity contribution in [3.05, 3.63) is 24.3 Å². The van der Waals surface area contributed by atoms with Gasteiger partial charge in [0.05, 0.1) is 10.3 Å². The maximum atomic E-state index is 12.1. The fourth-order valence-electron chi connectivity index (χ4n) is 2.12. The standard InChI is InChI=1S/C12H17N3O3S/c13-8-12(6-1-7-12)11(16)15-9-2-4-10(5-3-9)19(14,17)18/h2-5H,1,6-8,13H2,(H,15,16)(H2,14,17,18). The number of rotatable bonds is 4. The summed E-state index contributed by atoms with van der Waals surface area (Å²) in [5.41, 5.74) is 5.73. The second kappa shape index (κ2) is 4.92. The highest BCUT2D eigenvalue weighted by Gasteiger charge is 2.42. The molecule has 1 fully saturated rings. The molecule has 0 aliphatic heterocycles. The van der Waals surface area contributed by atoms with Gasteiger partial charge in [0.1, 0.15) is 0 Å². The molecule has 7 heteroatoms. The Labute approximate surface area is 112 Å². The summed E-state index contributed by atoms with van der Waals surface area (Å²) in [5, 5.41) is 7.76. The van der Waals surface area contributed by atoms with E-state index in [-0.39, 0.29) is 10.8 Å². The summed E-state index contributed by atoms with van der Waals surface area (Å²) in [5.74, 6) is -0.107. The molecule has 1 aromatic rings. The van der Waals surface area contributed by atoms with Crippen molar-refractivity contribution in [3.8, 4) is 0 Å². The van der Waals surface area contributed by atoms with Gasteiger partial charge in [-0.15, -0.1) is 0 Å². The summed E-state index contributed by atoms with van der Waals surface area (Å²) in [4.78, 5) is 12.1. The number of carbonyl (C=O) groups excluding carboxylic acids is 1. The van der Waals surface area contributed by atoms with Crippen LogP contribution in [0.4, 0.5) is 5.69 Å². The lowest BCUT2D eigenvalue weighted by atomic mass is 9.68. The molecular formula is C12H17N3O3S. The number of anilines is 1. The van der Waals surface area contributed by atoms with E-state index < -0.39 is 15.4 Å². The zero-order chi connectivity index (χ0) is 14.1. The molecule has 1 aliphatic carbocycles. The number of nitrogens with two attached hydrogens (primary N) is 2. The van der Waals surface area contributed by atoms with E-state index in [9.17, 15) is 13.2 Å².